The molecule has 0 spiro atoms. The highest BCUT2D eigenvalue weighted by atomic mass is 35.5. The summed E-state index contributed by atoms with van der Waals surface area (Å²) < 4.78 is 10.9. The summed E-state index contributed by atoms with van der Waals surface area (Å²) in [5.41, 5.74) is 0.498. The summed E-state index contributed by atoms with van der Waals surface area (Å²) >= 11 is 11.9. The van der Waals surface area contributed by atoms with Crippen molar-refractivity contribution in [1.82, 2.24) is 0 Å². The lowest BCUT2D eigenvalue weighted by Crippen LogP contribution is -2.32. The van der Waals surface area contributed by atoms with Gasteiger partial charge < -0.3 is 14.8 Å². The molecule has 0 saturated carbocycles. The fourth-order valence-corrected chi connectivity index (χ4v) is 2.37. The lowest BCUT2D eigenvalue weighted by Gasteiger charge is -2.18. The molecule has 2 aromatic carbocycles. The third-order valence-electron chi connectivity index (χ3n) is 3.16. The molecule has 1 amide bonds. The zero-order valence-electron chi connectivity index (χ0n) is 12.8. The van der Waals surface area contributed by atoms with Gasteiger partial charge in [0.05, 0.1) is 12.8 Å². The van der Waals surface area contributed by atoms with Crippen molar-refractivity contribution in [2.45, 2.75) is 19.4 Å². The van der Waals surface area contributed by atoms with E-state index in [0.717, 1.165) is 0 Å². The van der Waals surface area contributed by atoms with Crippen LogP contribution >= 0.6 is 23.2 Å². The van der Waals surface area contributed by atoms with E-state index < -0.39 is 6.10 Å². The van der Waals surface area contributed by atoms with Crippen LogP contribution in [0.3, 0.4) is 0 Å². The first kappa shape index (κ1) is 17.4. The second-order valence-corrected chi connectivity index (χ2v) is 5.68. The number of benzene rings is 2. The van der Waals surface area contributed by atoms with E-state index in [0.29, 0.717) is 33.7 Å². The smallest absolute Gasteiger partial charge is 0.265 e. The monoisotopic (exact) mass is 353 g/mol. The molecule has 1 unspecified atom stereocenters. The van der Waals surface area contributed by atoms with Gasteiger partial charge in [0.2, 0.25) is 0 Å². The minimum Gasteiger partial charge on any atom is -0.495 e. The Morgan fingerprint density at radius 1 is 1.17 bits per heavy atom. The Kier molecular flexibility index (Phi) is 6.13. The van der Waals surface area contributed by atoms with Crippen LogP contribution in [0, 0.1) is 0 Å². The summed E-state index contributed by atoms with van der Waals surface area (Å²) in [6.45, 7) is 1.87. The van der Waals surface area contributed by atoms with Crippen LogP contribution in [0.2, 0.25) is 10.0 Å². The number of carbonyl (C=O) groups is 1. The molecule has 0 aliphatic carbocycles. The molecule has 0 aromatic heterocycles. The summed E-state index contributed by atoms with van der Waals surface area (Å²) in [7, 11) is 1.53. The van der Waals surface area contributed by atoms with Gasteiger partial charge >= 0.3 is 0 Å². The summed E-state index contributed by atoms with van der Waals surface area (Å²) in [6.07, 6.45) is -0.154. The van der Waals surface area contributed by atoms with Crippen molar-refractivity contribution >= 4 is 34.8 Å². The van der Waals surface area contributed by atoms with Gasteiger partial charge in [0.25, 0.3) is 5.91 Å². The number of hydrogen-bond donors (Lipinski definition) is 1. The van der Waals surface area contributed by atoms with Gasteiger partial charge in [-0.2, -0.15) is 0 Å². The van der Waals surface area contributed by atoms with Gasteiger partial charge in [-0.3, -0.25) is 4.79 Å². The van der Waals surface area contributed by atoms with Crippen molar-refractivity contribution < 1.29 is 14.3 Å². The van der Waals surface area contributed by atoms with E-state index in [-0.39, 0.29) is 5.91 Å². The minimum absolute atomic E-state index is 0.284. The third kappa shape index (κ3) is 4.78. The molecule has 23 heavy (non-hydrogen) atoms. The van der Waals surface area contributed by atoms with Crippen molar-refractivity contribution in [2.24, 2.45) is 0 Å². The van der Waals surface area contributed by atoms with E-state index in [1.165, 1.54) is 7.11 Å². The molecule has 122 valence electrons. The van der Waals surface area contributed by atoms with E-state index in [2.05, 4.69) is 5.32 Å². The van der Waals surface area contributed by atoms with Gasteiger partial charge in [-0.05, 0) is 42.8 Å². The van der Waals surface area contributed by atoms with Crippen LogP contribution in [0.15, 0.2) is 42.5 Å². The lowest BCUT2D eigenvalue weighted by atomic mass is 10.2. The van der Waals surface area contributed by atoms with E-state index in [4.69, 9.17) is 32.7 Å². The Bertz CT molecular complexity index is 691. The predicted molar refractivity (Wildman–Crippen MR) is 92.8 cm³/mol. The summed E-state index contributed by atoms with van der Waals surface area (Å²) in [6, 6.07) is 11.9. The van der Waals surface area contributed by atoms with E-state index >= 15 is 0 Å². The number of halogens is 2. The number of amides is 1. The van der Waals surface area contributed by atoms with Crippen LogP contribution in [-0.2, 0) is 4.79 Å². The lowest BCUT2D eigenvalue weighted by molar-refractivity contribution is -0.122. The van der Waals surface area contributed by atoms with Gasteiger partial charge in [-0.25, -0.2) is 0 Å². The molecule has 0 aliphatic heterocycles. The first-order valence-corrected chi connectivity index (χ1v) is 7.85. The van der Waals surface area contributed by atoms with E-state index in [1.54, 1.807) is 42.5 Å². The summed E-state index contributed by atoms with van der Waals surface area (Å²) in [5, 5.41) is 3.84. The highest BCUT2D eigenvalue weighted by Crippen LogP contribution is 2.28. The quantitative estimate of drug-likeness (QED) is 0.811. The Balaban J connectivity index is 2.13. The second-order valence-electron chi connectivity index (χ2n) is 4.81. The Hall–Kier alpha value is -1.91. The number of nitrogens with one attached hydrogen (secondary N) is 1. The highest BCUT2D eigenvalue weighted by molar-refractivity contribution is 6.31. The third-order valence-corrected chi connectivity index (χ3v) is 3.63. The minimum atomic E-state index is -0.655. The van der Waals surface area contributed by atoms with Crippen LogP contribution < -0.4 is 14.8 Å². The maximum Gasteiger partial charge on any atom is 0.265 e. The molecule has 4 nitrogen and oxygen atoms in total. The maximum atomic E-state index is 12.4. The number of anilines is 1. The van der Waals surface area contributed by atoms with Crippen molar-refractivity contribution in [2.75, 3.05) is 12.4 Å². The molecule has 0 saturated heterocycles. The van der Waals surface area contributed by atoms with Crippen molar-refractivity contribution in [1.29, 1.82) is 0 Å². The van der Waals surface area contributed by atoms with Gasteiger partial charge in [-0.15, -0.1) is 0 Å². The first-order chi connectivity index (χ1) is 11.0. The Morgan fingerprint density at radius 2 is 1.91 bits per heavy atom. The molecule has 0 bridgehead atoms. The van der Waals surface area contributed by atoms with Crippen molar-refractivity contribution in [3.8, 4) is 11.5 Å². The summed E-state index contributed by atoms with van der Waals surface area (Å²) in [5.74, 6) is 0.783. The standard InChI is InChI=1S/C17H17Cl2NO3/c1-3-15(23-13-6-4-5-11(18)9-13)17(21)20-14-10-12(19)7-8-16(14)22-2/h4-10,15H,3H2,1-2H3,(H,20,21). The molecular formula is C17H17Cl2NO3. The van der Waals surface area contributed by atoms with Gasteiger partial charge in [0.1, 0.15) is 11.5 Å². The van der Waals surface area contributed by atoms with Crippen molar-refractivity contribution in [3.05, 3.63) is 52.5 Å². The number of hydrogen-bond acceptors (Lipinski definition) is 3. The largest absolute Gasteiger partial charge is 0.495 e. The molecule has 0 fully saturated rings. The fraction of sp³-hybridized carbons (Fsp3) is 0.235. The second kappa shape index (κ2) is 8.09. The normalized spacial score (nSPS) is 11.7. The number of ether oxygens (including phenoxy) is 2. The molecule has 0 heterocycles. The average molecular weight is 354 g/mol. The van der Waals surface area contributed by atoms with Crippen LogP contribution in [-0.4, -0.2) is 19.1 Å². The molecule has 6 heteroatoms. The van der Waals surface area contributed by atoms with Crippen LogP contribution in [0.5, 0.6) is 11.5 Å². The van der Waals surface area contributed by atoms with Gasteiger partial charge in [-0.1, -0.05) is 36.2 Å². The Labute approximate surface area is 145 Å². The van der Waals surface area contributed by atoms with Crippen LogP contribution in [0.4, 0.5) is 5.69 Å². The Morgan fingerprint density at radius 3 is 2.57 bits per heavy atom. The molecule has 1 N–H and O–H groups in total. The molecular weight excluding hydrogens is 337 g/mol. The van der Waals surface area contributed by atoms with Crippen molar-refractivity contribution in [3.63, 3.8) is 0 Å². The zero-order chi connectivity index (χ0) is 16.8. The number of rotatable bonds is 6. The highest BCUT2D eigenvalue weighted by Gasteiger charge is 2.20. The topological polar surface area (TPSA) is 47.6 Å². The fourth-order valence-electron chi connectivity index (χ4n) is 2.02. The molecule has 2 rings (SSSR count). The number of carbonyl (C=O) groups excluding carboxylic acids is 1. The van der Waals surface area contributed by atoms with E-state index in [1.807, 2.05) is 6.92 Å². The maximum absolute atomic E-state index is 12.4. The first-order valence-electron chi connectivity index (χ1n) is 7.10. The molecule has 2 aromatic rings. The SMILES string of the molecule is CCC(Oc1cccc(Cl)c1)C(=O)Nc1cc(Cl)ccc1OC. The zero-order valence-corrected chi connectivity index (χ0v) is 14.3. The van der Waals surface area contributed by atoms with Gasteiger partial charge in [0, 0.05) is 10.0 Å². The molecule has 0 aliphatic rings. The van der Waals surface area contributed by atoms with Crippen LogP contribution in [0.25, 0.3) is 0 Å². The van der Waals surface area contributed by atoms with Gasteiger partial charge in [0.15, 0.2) is 6.10 Å². The molecule has 0 radical (unpaired) electrons. The average Bonchev–Trinajstić information content (AvgIpc) is 2.53. The van der Waals surface area contributed by atoms with E-state index in [9.17, 15) is 4.79 Å². The predicted octanol–water partition coefficient (Wildman–Crippen LogP) is 4.80. The summed E-state index contributed by atoms with van der Waals surface area (Å²) in [4.78, 5) is 12.4. The molecule has 1 atom stereocenters. The van der Waals surface area contributed by atoms with Crippen LogP contribution in [0.1, 0.15) is 13.3 Å². The number of methoxy groups -OCH3 is 1.